The topological polar surface area (TPSA) is 95.6 Å². The second-order valence-corrected chi connectivity index (χ2v) is 10.9. The Balaban J connectivity index is 1.53. The standard InChI is InChI=1S/C21H21ClFN3O4S2/c22-15-11-13(5-7-16(15)23)25-32(29,30)14-6-8-18-17(12-14)24-20(27)19(31-18)21(28)26-9-3-1-2-4-10-26/h5-8,11-12,19,25H,1-4,9-10H2,(H,24,27)/t19-/m0/s1. The fraction of sp³-hybridized carbons (Fsp3) is 0.333. The monoisotopic (exact) mass is 497 g/mol. The third-order valence-corrected chi connectivity index (χ3v) is 8.25. The molecular weight excluding hydrogens is 477 g/mol. The van der Waals surface area contributed by atoms with Crippen LogP contribution in [0.3, 0.4) is 0 Å². The van der Waals surface area contributed by atoms with E-state index in [4.69, 9.17) is 11.6 Å². The zero-order valence-electron chi connectivity index (χ0n) is 16.9. The van der Waals surface area contributed by atoms with E-state index in [2.05, 4.69) is 10.0 Å². The van der Waals surface area contributed by atoms with E-state index in [0.29, 0.717) is 23.7 Å². The van der Waals surface area contributed by atoms with Gasteiger partial charge < -0.3 is 10.2 Å². The molecule has 0 saturated carbocycles. The minimum Gasteiger partial charge on any atom is -0.341 e. The van der Waals surface area contributed by atoms with Crippen LogP contribution in [0.5, 0.6) is 0 Å². The van der Waals surface area contributed by atoms with E-state index in [-0.39, 0.29) is 21.5 Å². The van der Waals surface area contributed by atoms with Crippen LogP contribution in [0.2, 0.25) is 5.02 Å². The number of amides is 2. The number of sulfonamides is 1. The van der Waals surface area contributed by atoms with Gasteiger partial charge in [0.2, 0.25) is 11.8 Å². The number of halogens is 2. The van der Waals surface area contributed by atoms with Gasteiger partial charge in [0.05, 0.1) is 21.3 Å². The second-order valence-electron chi connectivity index (χ2n) is 7.62. The Morgan fingerprint density at radius 1 is 1.12 bits per heavy atom. The Hall–Kier alpha value is -2.30. The van der Waals surface area contributed by atoms with Crippen molar-refractivity contribution in [3.63, 3.8) is 0 Å². The number of anilines is 2. The first-order valence-electron chi connectivity index (χ1n) is 10.1. The lowest BCUT2D eigenvalue weighted by Crippen LogP contribution is -2.45. The molecule has 2 aliphatic rings. The molecule has 0 aromatic heterocycles. The van der Waals surface area contributed by atoms with Crippen molar-refractivity contribution in [1.82, 2.24) is 4.90 Å². The summed E-state index contributed by atoms with van der Waals surface area (Å²) in [7, 11) is -4.01. The van der Waals surface area contributed by atoms with Gasteiger partial charge in [0.25, 0.3) is 10.0 Å². The minimum absolute atomic E-state index is 0.0881. The van der Waals surface area contributed by atoms with Crippen LogP contribution >= 0.6 is 23.4 Å². The van der Waals surface area contributed by atoms with E-state index in [1.807, 2.05) is 0 Å². The van der Waals surface area contributed by atoms with Gasteiger partial charge in [0.1, 0.15) is 5.82 Å². The quantitative estimate of drug-likeness (QED) is 0.620. The third kappa shape index (κ3) is 4.87. The molecule has 0 radical (unpaired) electrons. The molecule has 2 amide bonds. The van der Waals surface area contributed by atoms with Crippen LogP contribution in [0.15, 0.2) is 46.2 Å². The summed E-state index contributed by atoms with van der Waals surface area (Å²) >= 11 is 6.84. The van der Waals surface area contributed by atoms with Gasteiger partial charge in [-0.2, -0.15) is 0 Å². The van der Waals surface area contributed by atoms with Crippen molar-refractivity contribution in [2.24, 2.45) is 0 Å². The first-order valence-corrected chi connectivity index (χ1v) is 12.9. The first kappa shape index (κ1) is 22.9. The van der Waals surface area contributed by atoms with Gasteiger partial charge in [-0.1, -0.05) is 24.4 Å². The summed E-state index contributed by atoms with van der Waals surface area (Å²) in [5, 5.41) is 1.56. The number of nitrogens with zero attached hydrogens (tertiary/aromatic N) is 1. The number of benzene rings is 2. The van der Waals surface area contributed by atoms with Gasteiger partial charge in [-0.15, -0.1) is 11.8 Å². The summed E-state index contributed by atoms with van der Waals surface area (Å²) in [5.74, 6) is -1.34. The summed E-state index contributed by atoms with van der Waals surface area (Å²) < 4.78 is 41.2. The Kier molecular flexibility index (Phi) is 6.64. The number of hydrogen-bond donors (Lipinski definition) is 2. The number of carbonyl (C=O) groups excluding carboxylic acids is 2. The number of hydrogen-bond acceptors (Lipinski definition) is 5. The van der Waals surface area contributed by atoms with E-state index < -0.39 is 27.0 Å². The largest absolute Gasteiger partial charge is 0.341 e. The lowest BCUT2D eigenvalue weighted by atomic mass is 10.2. The average molecular weight is 498 g/mol. The molecule has 2 heterocycles. The second kappa shape index (κ2) is 9.29. The summed E-state index contributed by atoms with van der Waals surface area (Å²) in [4.78, 5) is 27.8. The molecule has 2 aromatic rings. The number of likely N-dealkylation sites (tertiary alicyclic amines) is 1. The fourth-order valence-corrected chi connectivity index (χ4v) is 5.96. The highest BCUT2D eigenvalue weighted by atomic mass is 35.5. The highest BCUT2D eigenvalue weighted by Gasteiger charge is 2.36. The third-order valence-electron chi connectivity index (χ3n) is 5.32. The van der Waals surface area contributed by atoms with E-state index in [0.717, 1.165) is 43.5 Å². The normalized spacial score (nSPS) is 19.0. The van der Waals surface area contributed by atoms with Crippen LogP contribution in [0.1, 0.15) is 25.7 Å². The van der Waals surface area contributed by atoms with Crippen LogP contribution in [0, 0.1) is 5.82 Å². The van der Waals surface area contributed by atoms with Crippen molar-refractivity contribution in [3.8, 4) is 0 Å². The van der Waals surface area contributed by atoms with Crippen molar-refractivity contribution in [3.05, 3.63) is 47.2 Å². The minimum atomic E-state index is -4.01. The van der Waals surface area contributed by atoms with Crippen LogP contribution in [-0.4, -0.2) is 43.5 Å². The molecule has 4 rings (SSSR count). The fourth-order valence-electron chi connectivity index (χ4n) is 3.65. The first-order chi connectivity index (χ1) is 15.2. The van der Waals surface area contributed by atoms with E-state index >= 15 is 0 Å². The maximum Gasteiger partial charge on any atom is 0.261 e. The van der Waals surface area contributed by atoms with Crippen LogP contribution in [0.4, 0.5) is 15.8 Å². The number of fused-ring (bicyclic) bond motifs is 1. The molecule has 170 valence electrons. The summed E-state index contributed by atoms with van der Waals surface area (Å²) in [6, 6.07) is 7.78. The van der Waals surface area contributed by atoms with Gasteiger partial charge in [-0.05, 0) is 49.2 Å². The van der Waals surface area contributed by atoms with Gasteiger partial charge in [-0.25, -0.2) is 12.8 Å². The molecule has 11 heteroatoms. The van der Waals surface area contributed by atoms with Gasteiger partial charge in [-0.3, -0.25) is 14.3 Å². The summed E-state index contributed by atoms with van der Waals surface area (Å²) in [6.07, 6.45) is 4.00. The van der Waals surface area contributed by atoms with Crippen molar-refractivity contribution < 1.29 is 22.4 Å². The highest BCUT2D eigenvalue weighted by Crippen LogP contribution is 2.38. The smallest absolute Gasteiger partial charge is 0.261 e. The predicted molar refractivity (Wildman–Crippen MR) is 122 cm³/mol. The number of carbonyl (C=O) groups is 2. The molecule has 2 N–H and O–H groups in total. The van der Waals surface area contributed by atoms with Gasteiger partial charge in [0, 0.05) is 18.0 Å². The van der Waals surface area contributed by atoms with Gasteiger partial charge in [0.15, 0.2) is 5.25 Å². The van der Waals surface area contributed by atoms with E-state index in [9.17, 15) is 22.4 Å². The molecule has 2 aliphatic heterocycles. The van der Waals surface area contributed by atoms with Crippen LogP contribution in [0.25, 0.3) is 0 Å². The molecule has 0 aliphatic carbocycles. The van der Waals surface area contributed by atoms with Crippen molar-refractivity contribution in [1.29, 1.82) is 0 Å². The molecule has 0 bridgehead atoms. The number of rotatable bonds is 4. The predicted octanol–water partition coefficient (Wildman–Crippen LogP) is 4.10. The molecule has 1 atom stereocenters. The zero-order valence-corrected chi connectivity index (χ0v) is 19.3. The van der Waals surface area contributed by atoms with Crippen LogP contribution < -0.4 is 10.0 Å². The summed E-state index contributed by atoms with van der Waals surface area (Å²) in [6.45, 7) is 1.29. The number of thioether (sulfide) groups is 1. The molecule has 2 aromatic carbocycles. The Labute approximate surface area is 194 Å². The van der Waals surface area contributed by atoms with E-state index in [1.54, 1.807) is 11.0 Å². The molecule has 32 heavy (non-hydrogen) atoms. The molecule has 0 spiro atoms. The van der Waals surface area contributed by atoms with Crippen molar-refractivity contribution in [2.45, 2.75) is 40.7 Å². The molecule has 0 unspecified atom stereocenters. The Morgan fingerprint density at radius 2 is 1.84 bits per heavy atom. The Morgan fingerprint density at radius 3 is 2.53 bits per heavy atom. The maximum absolute atomic E-state index is 13.3. The highest BCUT2D eigenvalue weighted by molar-refractivity contribution is 8.01. The molecule has 1 fully saturated rings. The molecular formula is C21H21ClFN3O4S2. The summed E-state index contributed by atoms with van der Waals surface area (Å²) in [5.41, 5.74) is 0.426. The molecule has 1 saturated heterocycles. The number of nitrogens with one attached hydrogen (secondary N) is 2. The SMILES string of the molecule is O=C1Nc2cc(S(=O)(=O)Nc3ccc(F)c(Cl)c3)ccc2S[C@@H]1C(=O)N1CCCCCC1. The molecule has 7 nitrogen and oxygen atoms in total. The lowest BCUT2D eigenvalue weighted by molar-refractivity contribution is -0.133. The average Bonchev–Trinajstić information content (AvgIpc) is 3.04. The zero-order chi connectivity index (χ0) is 22.9. The van der Waals surface area contributed by atoms with Crippen molar-refractivity contribution in [2.75, 3.05) is 23.1 Å². The Bertz CT molecular complexity index is 1170. The van der Waals surface area contributed by atoms with E-state index in [1.165, 1.54) is 24.3 Å². The van der Waals surface area contributed by atoms with Gasteiger partial charge >= 0.3 is 0 Å². The van der Waals surface area contributed by atoms with Crippen LogP contribution in [-0.2, 0) is 19.6 Å². The maximum atomic E-state index is 13.3. The lowest BCUT2D eigenvalue weighted by Gasteiger charge is -2.28. The van der Waals surface area contributed by atoms with Crippen molar-refractivity contribution >= 4 is 56.6 Å².